The highest BCUT2D eigenvalue weighted by molar-refractivity contribution is 6.54. The van der Waals surface area contributed by atoms with Gasteiger partial charge in [-0.15, -0.1) is 0 Å². The minimum absolute atomic E-state index is 0.0577. The molecule has 32 heavy (non-hydrogen) atoms. The lowest BCUT2D eigenvalue weighted by Crippen LogP contribution is -2.40. The predicted molar refractivity (Wildman–Crippen MR) is 124 cm³/mol. The van der Waals surface area contributed by atoms with Gasteiger partial charge in [-0.2, -0.15) is 0 Å². The van der Waals surface area contributed by atoms with E-state index < -0.39 is 11.8 Å². The molecule has 1 saturated heterocycles. The molecule has 2 heterocycles. The number of hydrogen-bond donors (Lipinski definition) is 1. The molecule has 0 atom stereocenters. The van der Waals surface area contributed by atoms with E-state index >= 15 is 0 Å². The van der Waals surface area contributed by atoms with E-state index in [1.54, 1.807) is 29.2 Å². The van der Waals surface area contributed by atoms with E-state index in [1.807, 2.05) is 0 Å². The van der Waals surface area contributed by atoms with E-state index in [1.165, 1.54) is 12.1 Å². The van der Waals surface area contributed by atoms with Gasteiger partial charge in [-0.1, -0.05) is 52.5 Å². The number of ether oxygens (including phenoxy) is 1. The molecule has 0 spiro atoms. The first-order valence-corrected chi connectivity index (χ1v) is 11.0. The summed E-state index contributed by atoms with van der Waals surface area (Å²) in [5, 5.41) is 2.90. The molecule has 0 saturated carbocycles. The number of nitrogens with one attached hydrogen (secondary N) is 1. The third-order valence-corrected chi connectivity index (χ3v) is 6.31. The summed E-state index contributed by atoms with van der Waals surface area (Å²) in [6, 6.07) is 9.22. The summed E-state index contributed by atoms with van der Waals surface area (Å²) in [4.78, 5) is 41.0. The average molecular weight is 515 g/mol. The van der Waals surface area contributed by atoms with Gasteiger partial charge in [0, 0.05) is 24.3 Å². The van der Waals surface area contributed by atoms with Crippen LogP contribution in [0.2, 0.25) is 15.1 Å². The van der Waals surface area contributed by atoms with Crippen LogP contribution >= 0.6 is 46.4 Å². The monoisotopic (exact) mass is 513 g/mol. The molecule has 166 valence electrons. The minimum atomic E-state index is -0.764. The average Bonchev–Trinajstić information content (AvgIpc) is 3.00. The van der Waals surface area contributed by atoms with Crippen molar-refractivity contribution in [2.24, 2.45) is 0 Å². The van der Waals surface area contributed by atoms with Crippen molar-refractivity contribution in [3.8, 4) is 0 Å². The summed E-state index contributed by atoms with van der Waals surface area (Å²) in [5.41, 5.74) is 0.757. The van der Waals surface area contributed by atoms with Gasteiger partial charge in [0.05, 0.1) is 34.0 Å². The molecule has 1 fully saturated rings. The standard InChI is InChI=1S/C21H15Cl4N3O4/c22-13-9-15(24)16(10-14(13)23)28-20(30)17(25)18(21(28)31)26-12-3-1-2-11(8-12)19(29)27-4-6-32-7-5-27/h1-3,8-10,26H,4-7H2. The van der Waals surface area contributed by atoms with E-state index in [0.29, 0.717) is 37.6 Å². The maximum atomic E-state index is 13.0. The van der Waals surface area contributed by atoms with Crippen molar-refractivity contribution in [3.63, 3.8) is 0 Å². The number of hydrogen-bond acceptors (Lipinski definition) is 5. The van der Waals surface area contributed by atoms with Crippen molar-refractivity contribution in [3.05, 3.63) is 67.8 Å². The second-order valence-electron chi connectivity index (χ2n) is 6.96. The summed E-state index contributed by atoms with van der Waals surface area (Å²) in [6.45, 7) is 1.96. The first kappa shape index (κ1) is 22.9. The largest absolute Gasteiger partial charge is 0.378 e. The fraction of sp³-hybridized carbons (Fsp3) is 0.190. The molecule has 0 bridgehead atoms. The van der Waals surface area contributed by atoms with Crippen LogP contribution in [0.3, 0.4) is 0 Å². The summed E-state index contributed by atoms with van der Waals surface area (Å²) < 4.78 is 5.27. The zero-order chi connectivity index (χ0) is 23.0. The highest BCUT2D eigenvalue weighted by Gasteiger charge is 2.40. The molecule has 0 radical (unpaired) electrons. The highest BCUT2D eigenvalue weighted by atomic mass is 35.5. The highest BCUT2D eigenvalue weighted by Crippen LogP contribution is 2.38. The Morgan fingerprint density at radius 1 is 0.906 bits per heavy atom. The zero-order valence-corrected chi connectivity index (χ0v) is 19.4. The zero-order valence-electron chi connectivity index (χ0n) is 16.3. The Kier molecular flexibility index (Phi) is 6.65. The van der Waals surface area contributed by atoms with E-state index in [0.717, 1.165) is 4.90 Å². The van der Waals surface area contributed by atoms with Gasteiger partial charge in [-0.25, -0.2) is 4.90 Å². The summed E-state index contributed by atoms with van der Waals surface area (Å²) >= 11 is 24.3. The van der Waals surface area contributed by atoms with Crippen LogP contribution in [0, 0.1) is 0 Å². The van der Waals surface area contributed by atoms with E-state index in [-0.39, 0.29) is 37.4 Å². The lowest BCUT2D eigenvalue weighted by molar-refractivity contribution is -0.120. The molecule has 3 amide bonds. The topological polar surface area (TPSA) is 79.0 Å². The van der Waals surface area contributed by atoms with Gasteiger partial charge in [-0.05, 0) is 30.3 Å². The van der Waals surface area contributed by atoms with Gasteiger partial charge in [0.25, 0.3) is 17.7 Å². The van der Waals surface area contributed by atoms with Crippen molar-refractivity contribution in [1.29, 1.82) is 0 Å². The summed E-state index contributed by atoms with van der Waals surface area (Å²) in [6.07, 6.45) is 0. The Bertz CT molecular complexity index is 1160. The van der Waals surface area contributed by atoms with Gasteiger partial charge in [-0.3, -0.25) is 14.4 Å². The molecule has 2 aliphatic rings. The molecule has 0 unspecified atom stereocenters. The van der Waals surface area contributed by atoms with Crippen molar-refractivity contribution in [2.75, 3.05) is 36.5 Å². The number of halogens is 4. The maximum absolute atomic E-state index is 13.0. The van der Waals surface area contributed by atoms with Crippen LogP contribution < -0.4 is 10.2 Å². The number of nitrogens with zero attached hydrogens (tertiary/aromatic N) is 2. The molecule has 0 aliphatic carbocycles. The Labute approximate surface area is 203 Å². The number of morpholine rings is 1. The Hall–Kier alpha value is -2.29. The number of imide groups is 1. The van der Waals surface area contributed by atoms with Gasteiger partial charge >= 0.3 is 0 Å². The molecule has 2 aromatic carbocycles. The molecule has 1 N–H and O–H groups in total. The molecule has 7 nitrogen and oxygen atoms in total. The smallest absolute Gasteiger partial charge is 0.283 e. The lowest BCUT2D eigenvalue weighted by atomic mass is 10.1. The van der Waals surface area contributed by atoms with Crippen LogP contribution in [0.4, 0.5) is 11.4 Å². The van der Waals surface area contributed by atoms with Crippen molar-refractivity contribution in [2.45, 2.75) is 0 Å². The van der Waals surface area contributed by atoms with Gasteiger partial charge in [0.1, 0.15) is 10.7 Å². The molecule has 0 aromatic heterocycles. The molecule has 11 heteroatoms. The van der Waals surface area contributed by atoms with Crippen molar-refractivity contribution >= 4 is 75.5 Å². The number of anilines is 2. The van der Waals surface area contributed by atoms with Gasteiger partial charge in [0.2, 0.25) is 0 Å². The second kappa shape index (κ2) is 9.29. The van der Waals surface area contributed by atoms with Crippen molar-refractivity contribution < 1.29 is 19.1 Å². The third-order valence-electron chi connectivity index (χ3n) is 4.94. The fourth-order valence-corrected chi connectivity index (χ4v) is 4.18. The number of carbonyl (C=O) groups is 3. The Morgan fingerprint density at radius 3 is 2.31 bits per heavy atom. The second-order valence-corrected chi connectivity index (χ2v) is 8.56. The molecular weight excluding hydrogens is 500 g/mol. The fourth-order valence-electron chi connectivity index (χ4n) is 3.34. The van der Waals surface area contributed by atoms with Crippen LogP contribution in [-0.2, 0) is 14.3 Å². The van der Waals surface area contributed by atoms with Crippen LogP contribution in [0.5, 0.6) is 0 Å². The third kappa shape index (κ3) is 4.31. The number of carbonyl (C=O) groups excluding carboxylic acids is 3. The van der Waals surface area contributed by atoms with E-state index in [9.17, 15) is 14.4 Å². The van der Waals surface area contributed by atoms with E-state index in [2.05, 4.69) is 5.32 Å². The van der Waals surface area contributed by atoms with Crippen LogP contribution in [0.1, 0.15) is 10.4 Å². The van der Waals surface area contributed by atoms with Crippen LogP contribution in [0.25, 0.3) is 0 Å². The van der Waals surface area contributed by atoms with Gasteiger partial charge < -0.3 is 15.0 Å². The number of benzene rings is 2. The SMILES string of the molecule is O=C(c1cccc(NC2=C(Cl)C(=O)N(c3cc(Cl)c(Cl)cc3Cl)C2=O)c1)N1CCOCC1. The molecule has 4 rings (SSSR count). The van der Waals surface area contributed by atoms with Gasteiger partial charge in [0.15, 0.2) is 0 Å². The Balaban J connectivity index is 1.59. The first-order valence-electron chi connectivity index (χ1n) is 9.45. The molecular formula is C21H15Cl4N3O4. The maximum Gasteiger partial charge on any atom is 0.283 e. The quantitative estimate of drug-likeness (QED) is 0.478. The van der Waals surface area contributed by atoms with E-state index in [4.69, 9.17) is 51.1 Å². The predicted octanol–water partition coefficient (Wildman–Crippen LogP) is 4.55. The summed E-state index contributed by atoms with van der Waals surface area (Å²) in [7, 11) is 0. The summed E-state index contributed by atoms with van der Waals surface area (Å²) in [5.74, 6) is -1.64. The Morgan fingerprint density at radius 2 is 1.59 bits per heavy atom. The van der Waals surface area contributed by atoms with Crippen LogP contribution in [-0.4, -0.2) is 48.9 Å². The number of amides is 3. The van der Waals surface area contributed by atoms with Crippen molar-refractivity contribution in [1.82, 2.24) is 4.90 Å². The normalized spacial score (nSPS) is 16.8. The number of rotatable bonds is 4. The molecule has 2 aliphatic heterocycles. The lowest BCUT2D eigenvalue weighted by Gasteiger charge is -2.27. The first-order chi connectivity index (χ1) is 15.3. The molecule has 2 aromatic rings. The minimum Gasteiger partial charge on any atom is -0.378 e. The van der Waals surface area contributed by atoms with Crippen LogP contribution in [0.15, 0.2) is 47.1 Å².